The Labute approximate surface area is 114 Å². The van der Waals surface area contributed by atoms with E-state index in [-0.39, 0.29) is 6.61 Å². The zero-order valence-corrected chi connectivity index (χ0v) is 11.7. The Balaban J connectivity index is 1.89. The second-order valence-electron chi connectivity index (χ2n) is 3.62. The summed E-state index contributed by atoms with van der Waals surface area (Å²) >= 11 is 3.31. The highest BCUT2D eigenvalue weighted by atomic mass is 32.2. The number of aliphatic hydroxyl groups is 1. The molecule has 0 saturated carbocycles. The smallest absolute Gasteiger partial charge is 0.205 e. The van der Waals surface area contributed by atoms with Crippen molar-refractivity contribution in [2.24, 2.45) is 0 Å². The molecular weight excluding hydrogens is 266 g/mol. The number of nitrogens with one attached hydrogen (secondary N) is 1. The van der Waals surface area contributed by atoms with Gasteiger partial charge in [0.05, 0.1) is 12.4 Å². The normalized spacial score (nSPS) is 10.6. The maximum atomic E-state index is 8.96. The Hall–Kier alpha value is -1.11. The summed E-state index contributed by atoms with van der Waals surface area (Å²) in [5.74, 6) is 0.821. The Kier molecular flexibility index (Phi) is 4.98. The maximum absolute atomic E-state index is 8.96. The molecule has 0 radical (unpaired) electrons. The molecule has 0 aliphatic heterocycles. The van der Waals surface area contributed by atoms with Crippen LogP contribution in [0.2, 0.25) is 0 Å². The van der Waals surface area contributed by atoms with E-state index in [0.717, 1.165) is 28.0 Å². The van der Waals surface area contributed by atoms with Gasteiger partial charge in [0.25, 0.3) is 0 Å². The molecule has 0 unspecified atom stereocenters. The SMILES string of the molecule is CCNc1nnc(CSc2ccc(CO)cc2)s1. The van der Waals surface area contributed by atoms with Gasteiger partial charge in [-0.15, -0.1) is 22.0 Å². The van der Waals surface area contributed by atoms with Crippen LogP contribution in [0.4, 0.5) is 5.13 Å². The predicted molar refractivity (Wildman–Crippen MR) is 76.0 cm³/mol. The molecule has 0 bridgehead atoms. The number of hydrogen-bond donors (Lipinski definition) is 2. The number of hydrogen-bond acceptors (Lipinski definition) is 6. The molecule has 0 saturated heterocycles. The van der Waals surface area contributed by atoms with Crippen molar-refractivity contribution >= 4 is 28.2 Å². The van der Waals surface area contributed by atoms with Crippen LogP contribution in [0.5, 0.6) is 0 Å². The quantitative estimate of drug-likeness (QED) is 0.797. The molecule has 0 fully saturated rings. The monoisotopic (exact) mass is 281 g/mol. The molecule has 1 heterocycles. The van der Waals surface area contributed by atoms with Crippen molar-refractivity contribution in [3.05, 3.63) is 34.8 Å². The number of anilines is 1. The first-order valence-corrected chi connectivity index (χ1v) is 7.51. The van der Waals surface area contributed by atoms with Gasteiger partial charge in [-0.2, -0.15) is 0 Å². The van der Waals surface area contributed by atoms with Crippen LogP contribution in [0.1, 0.15) is 17.5 Å². The van der Waals surface area contributed by atoms with E-state index in [9.17, 15) is 0 Å². The fourth-order valence-corrected chi connectivity index (χ4v) is 3.06. The highest BCUT2D eigenvalue weighted by molar-refractivity contribution is 7.98. The maximum Gasteiger partial charge on any atom is 0.205 e. The fraction of sp³-hybridized carbons (Fsp3) is 0.333. The molecule has 18 heavy (non-hydrogen) atoms. The van der Waals surface area contributed by atoms with Gasteiger partial charge in [-0.25, -0.2) is 0 Å². The average molecular weight is 281 g/mol. The van der Waals surface area contributed by atoms with Crippen LogP contribution < -0.4 is 5.32 Å². The van der Waals surface area contributed by atoms with Crippen molar-refractivity contribution in [2.75, 3.05) is 11.9 Å². The minimum absolute atomic E-state index is 0.0907. The lowest BCUT2D eigenvalue weighted by Gasteiger charge is -2.00. The highest BCUT2D eigenvalue weighted by Gasteiger charge is 2.04. The standard InChI is InChI=1S/C12H15N3OS2/c1-2-13-12-15-14-11(18-12)8-17-10-5-3-9(7-16)4-6-10/h3-6,16H,2,7-8H2,1H3,(H,13,15). The van der Waals surface area contributed by atoms with Crippen LogP contribution in [-0.4, -0.2) is 21.8 Å². The lowest BCUT2D eigenvalue weighted by atomic mass is 10.2. The molecule has 2 aromatic rings. The van der Waals surface area contributed by atoms with Gasteiger partial charge in [0, 0.05) is 11.4 Å². The highest BCUT2D eigenvalue weighted by Crippen LogP contribution is 2.26. The number of nitrogens with zero attached hydrogens (tertiary/aromatic N) is 2. The molecule has 0 aliphatic rings. The number of aromatic nitrogens is 2. The summed E-state index contributed by atoms with van der Waals surface area (Å²) < 4.78 is 0. The first-order valence-electron chi connectivity index (χ1n) is 5.70. The van der Waals surface area contributed by atoms with Gasteiger partial charge in [-0.05, 0) is 24.6 Å². The molecular formula is C12H15N3OS2. The summed E-state index contributed by atoms with van der Waals surface area (Å²) in [6.45, 7) is 3.00. The Morgan fingerprint density at radius 2 is 2.06 bits per heavy atom. The number of benzene rings is 1. The minimum Gasteiger partial charge on any atom is -0.392 e. The summed E-state index contributed by atoms with van der Waals surface area (Å²) in [5, 5.41) is 22.2. The van der Waals surface area contributed by atoms with Gasteiger partial charge >= 0.3 is 0 Å². The molecule has 0 amide bonds. The van der Waals surface area contributed by atoms with E-state index in [1.807, 2.05) is 31.2 Å². The number of thioether (sulfide) groups is 1. The molecule has 4 nitrogen and oxygen atoms in total. The molecule has 6 heteroatoms. The summed E-state index contributed by atoms with van der Waals surface area (Å²) in [4.78, 5) is 1.17. The van der Waals surface area contributed by atoms with Crippen molar-refractivity contribution in [1.82, 2.24) is 10.2 Å². The second kappa shape index (κ2) is 6.72. The van der Waals surface area contributed by atoms with Crippen LogP contribution in [0.25, 0.3) is 0 Å². The van der Waals surface area contributed by atoms with E-state index in [4.69, 9.17) is 5.11 Å². The molecule has 2 N–H and O–H groups in total. The summed E-state index contributed by atoms with van der Waals surface area (Å²) in [7, 11) is 0. The van der Waals surface area contributed by atoms with Gasteiger partial charge in [0.1, 0.15) is 5.01 Å². The molecule has 0 aliphatic carbocycles. The average Bonchev–Trinajstić information content (AvgIpc) is 2.85. The van der Waals surface area contributed by atoms with E-state index >= 15 is 0 Å². The van der Waals surface area contributed by atoms with Crippen LogP contribution >= 0.6 is 23.1 Å². The second-order valence-corrected chi connectivity index (χ2v) is 5.73. The van der Waals surface area contributed by atoms with Gasteiger partial charge in [-0.1, -0.05) is 23.5 Å². The van der Waals surface area contributed by atoms with Gasteiger partial charge in [0.15, 0.2) is 0 Å². The summed E-state index contributed by atoms with van der Waals surface area (Å²) in [6, 6.07) is 7.91. The predicted octanol–water partition coefficient (Wildman–Crippen LogP) is 2.75. The largest absolute Gasteiger partial charge is 0.392 e. The third kappa shape index (κ3) is 3.69. The van der Waals surface area contributed by atoms with Crippen molar-refractivity contribution in [3.63, 3.8) is 0 Å². The van der Waals surface area contributed by atoms with Crippen molar-refractivity contribution < 1.29 is 5.11 Å². The third-order valence-electron chi connectivity index (χ3n) is 2.26. The van der Waals surface area contributed by atoms with Crippen molar-refractivity contribution in [1.29, 1.82) is 0 Å². The van der Waals surface area contributed by atoms with E-state index in [1.165, 1.54) is 4.90 Å². The van der Waals surface area contributed by atoms with E-state index in [0.29, 0.717) is 0 Å². The van der Waals surface area contributed by atoms with Gasteiger partial charge in [-0.3, -0.25) is 0 Å². The van der Waals surface area contributed by atoms with Crippen LogP contribution in [-0.2, 0) is 12.4 Å². The first kappa shape index (κ1) is 13.3. The number of rotatable bonds is 6. The van der Waals surface area contributed by atoms with E-state index in [2.05, 4.69) is 15.5 Å². The Morgan fingerprint density at radius 1 is 1.28 bits per heavy atom. The van der Waals surface area contributed by atoms with Crippen LogP contribution in [0, 0.1) is 0 Å². The van der Waals surface area contributed by atoms with Gasteiger partial charge in [0.2, 0.25) is 5.13 Å². The molecule has 0 atom stereocenters. The molecule has 1 aromatic carbocycles. The molecule has 0 spiro atoms. The Morgan fingerprint density at radius 3 is 2.72 bits per heavy atom. The van der Waals surface area contributed by atoms with Crippen molar-refractivity contribution in [3.8, 4) is 0 Å². The molecule has 2 rings (SSSR count). The van der Waals surface area contributed by atoms with E-state index < -0.39 is 0 Å². The van der Waals surface area contributed by atoms with Crippen molar-refractivity contribution in [2.45, 2.75) is 24.2 Å². The first-order chi connectivity index (χ1) is 8.81. The fourth-order valence-electron chi connectivity index (χ4n) is 1.37. The third-order valence-corrected chi connectivity index (χ3v) is 4.35. The van der Waals surface area contributed by atoms with E-state index in [1.54, 1.807) is 23.1 Å². The van der Waals surface area contributed by atoms with Crippen LogP contribution in [0.15, 0.2) is 29.2 Å². The summed E-state index contributed by atoms with van der Waals surface area (Å²) in [6.07, 6.45) is 0. The topological polar surface area (TPSA) is 58.0 Å². The van der Waals surface area contributed by atoms with Crippen LogP contribution in [0.3, 0.4) is 0 Å². The zero-order valence-electron chi connectivity index (χ0n) is 10.1. The zero-order chi connectivity index (χ0) is 12.8. The summed E-state index contributed by atoms with van der Waals surface area (Å²) in [5.41, 5.74) is 0.935. The lowest BCUT2D eigenvalue weighted by Crippen LogP contribution is -1.94. The molecule has 1 aromatic heterocycles. The Bertz CT molecular complexity index is 484. The lowest BCUT2D eigenvalue weighted by molar-refractivity contribution is 0.282. The molecule has 96 valence electrons. The van der Waals surface area contributed by atoms with Gasteiger partial charge < -0.3 is 10.4 Å². The minimum atomic E-state index is 0.0907. The number of aliphatic hydroxyl groups excluding tert-OH is 1.